The van der Waals surface area contributed by atoms with Crippen LogP contribution < -0.4 is 0 Å². The number of rotatable bonds is 8. The molecule has 0 unspecified atom stereocenters. The van der Waals surface area contributed by atoms with Crippen molar-refractivity contribution in [2.45, 2.75) is 96.8 Å². The van der Waals surface area contributed by atoms with E-state index in [9.17, 15) is 8.78 Å². The van der Waals surface area contributed by atoms with Crippen molar-refractivity contribution in [1.29, 1.82) is 0 Å². The topological polar surface area (TPSA) is 0 Å². The number of hydrogen-bond donors (Lipinski definition) is 0. The molecule has 27 heavy (non-hydrogen) atoms. The number of unbranched alkanes of at least 4 members (excludes halogenated alkanes) is 1. The van der Waals surface area contributed by atoms with E-state index in [1.54, 1.807) is 12.1 Å². The van der Waals surface area contributed by atoms with Gasteiger partial charge in [0.05, 0.1) is 0 Å². The van der Waals surface area contributed by atoms with Gasteiger partial charge in [-0.05, 0) is 73.8 Å². The minimum absolute atomic E-state index is 0.539. The van der Waals surface area contributed by atoms with Crippen LogP contribution in [-0.4, -0.2) is 0 Å². The van der Waals surface area contributed by atoms with E-state index in [0.717, 1.165) is 36.5 Å². The lowest BCUT2D eigenvalue weighted by atomic mass is 9.68. The van der Waals surface area contributed by atoms with Crippen LogP contribution in [0, 0.1) is 35.3 Å². The zero-order valence-corrected chi connectivity index (χ0v) is 17.2. The summed E-state index contributed by atoms with van der Waals surface area (Å²) in [5, 5.41) is 0. The van der Waals surface area contributed by atoms with Gasteiger partial charge in [-0.1, -0.05) is 70.4 Å². The Morgan fingerprint density at radius 3 is 1.96 bits per heavy atom. The highest BCUT2D eigenvalue weighted by molar-refractivity contribution is 5.18. The number of halogens is 2. The maximum Gasteiger partial charge on any atom is 0.162 e. The SMILES string of the molecule is CCC[C@H]1CC[C@H]([C@H]2CC[C@H](CCCCc3cccc(F)c3F)CC2)CC1. The Labute approximate surface area is 165 Å². The summed E-state index contributed by atoms with van der Waals surface area (Å²) in [7, 11) is 0. The van der Waals surface area contributed by atoms with Gasteiger partial charge in [0.15, 0.2) is 11.6 Å². The third-order valence-corrected chi connectivity index (χ3v) is 7.49. The second-order valence-electron chi connectivity index (χ2n) is 9.31. The van der Waals surface area contributed by atoms with Gasteiger partial charge in [0, 0.05) is 0 Å². The highest BCUT2D eigenvalue weighted by Crippen LogP contribution is 2.43. The minimum atomic E-state index is -0.713. The van der Waals surface area contributed by atoms with Crippen molar-refractivity contribution in [3.63, 3.8) is 0 Å². The van der Waals surface area contributed by atoms with Crippen LogP contribution in [0.25, 0.3) is 0 Å². The molecule has 1 aromatic rings. The van der Waals surface area contributed by atoms with E-state index in [0.29, 0.717) is 12.0 Å². The van der Waals surface area contributed by atoms with E-state index in [4.69, 9.17) is 0 Å². The molecule has 0 spiro atoms. The Hall–Kier alpha value is -0.920. The molecule has 0 radical (unpaired) electrons. The predicted octanol–water partition coefficient (Wildman–Crippen LogP) is 8.09. The molecule has 1 aromatic carbocycles. The maximum atomic E-state index is 13.7. The van der Waals surface area contributed by atoms with Crippen LogP contribution in [0.15, 0.2) is 18.2 Å². The smallest absolute Gasteiger partial charge is 0.162 e. The molecule has 2 fully saturated rings. The van der Waals surface area contributed by atoms with Gasteiger partial charge in [0.25, 0.3) is 0 Å². The van der Waals surface area contributed by atoms with Gasteiger partial charge in [-0.3, -0.25) is 0 Å². The first kappa shape index (κ1) is 20.8. The van der Waals surface area contributed by atoms with Gasteiger partial charge in [-0.15, -0.1) is 0 Å². The Bertz CT molecular complexity index is 551. The molecular weight excluding hydrogens is 338 g/mol. The van der Waals surface area contributed by atoms with Gasteiger partial charge in [-0.25, -0.2) is 8.78 Å². The van der Waals surface area contributed by atoms with Crippen molar-refractivity contribution >= 4 is 0 Å². The fourth-order valence-electron chi connectivity index (χ4n) is 5.79. The Morgan fingerprint density at radius 2 is 1.37 bits per heavy atom. The van der Waals surface area contributed by atoms with E-state index in [-0.39, 0.29) is 0 Å². The molecule has 2 aliphatic carbocycles. The molecular formula is C25H38F2. The summed E-state index contributed by atoms with van der Waals surface area (Å²) in [4.78, 5) is 0. The zero-order chi connectivity index (χ0) is 19.1. The Balaban J connectivity index is 1.30. The number of aryl methyl sites for hydroxylation is 1. The quantitative estimate of drug-likeness (QED) is 0.402. The molecule has 2 aliphatic rings. The van der Waals surface area contributed by atoms with Crippen molar-refractivity contribution < 1.29 is 8.78 Å². The van der Waals surface area contributed by atoms with Crippen LogP contribution in [0.5, 0.6) is 0 Å². The molecule has 0 heterocycles. The highest BCUT2D eigenvalue weighted by Gasteiger charge is 2.30. The van der Waals surface area contributed by atoms with E-state index in [1.807, 2.05) is 0 Å². The van der Waals surface area contributed by atoms with Crippen LogP contribution in [-0.2, 0) is 6.42 Å². The molecule has 0 amide bonds. The first-order chi connectivity index (χ1) is 13.2. The molecule has 2 saturated carbocycles. The zero-order valence-electron chi connectivity index (χ0n) is 17.2. The van der Waals surface area contributed by atoms with Crippen molar-refractivity contribution in [2.24, 2.45) is 23.7 Å². The summed E-state index contributed by atoms with van der Waals surface area (Å²) in [6.45, 7) is 2.32. The van der Waals surface area contributed by atoms with Crippen LogP contribution in [0.4, 0.5) is 8.78 Å². The maximum absolute atomic E-state index is 13.7. The normalized spacial score (nSPS) is 29.0. The van der Waals surface area contributed by atoms with Crippen LogP contribution in [0.3, 0.4) is 0 Å². The van der Waals surface area contributed by atoms with Crippen LogP contribution in [0.1, 0.15) is 96.0 Å². The van der Waals surface area contributed by atoms with Gasteiger partial charge in [0.1, 0.15) is 0 Å². The van der Waals surface area contributed by atoms with E-state index < -0.39 is 11.6 Å². The third-order valence-electron chi connectivity index (χ3n) is 7.49. The lowest BCUT2D eigenvalue weighted by Crippen LogP contribution is -2.25. The van der Waals surface area contributed by atoms with Crippen molar-refractivity contribution in [3.05, 3.63) is 35.4 Å². The van der Waals surface area contributed by atoms with E-state index >= 15 is 0 Å². The summed E-state index contributed by atoms with van der Waals surface area (Å²) in [6, 6.07) is 4.54. The summed E-state index contributed by atoms with van der Waals surface area (Å²) in [5.41, 5.74) is 0.539. The lowest BCUT2D eigenvalue weighted by Gasteiger charge is -2.38. The van der Waals surface area contributed by atoms with Gasteiger partial charge in [-0.2, -0.15) is 0 Å². The fourth-order valence-corrected chi connectivity index (χ4v) is 5.79. The Morgan fingerprint density at radius 1 is 0.778 bits per heavy atom. The third kappa shape index (κ3) is 6.03. The average Bonchev–Trinajstić information content (AvgIpc) is 2.70. The largest absolute Gasteiger partial charge is 0.204 e. The van der Waals surface area contributed by atoms with Crippen molar-refractivity contribution in [1.82, 2.24) is 0 Å². The lowest BCUT2D eigenvalue weighted by molar-refractivity contribution is 0.140. The number of hydrogen-bond acceptors (Lipinski definition) is 0. The molecule has 152 valence electrons. The molecule has 3 rings (SSSR count). The second kappa shape index (κ2) is 10.6. The molecule has 0 N–H and O–H groups in total. The summed E-state index contributed by atoms with van der Waals surface area (Å²) < 4.78 is 26.9. The van der Waals surface area contributed by atoms with Gasteiger partial charge >= 0.3 is 0 Å². The van der Waals surface area contributed by atoms with Gasteiger partial charge < -0.3 is 0 Å². The monoisotopic (exact) mass is 376 g/mol. The second-order valence-corrected chi connectivity index (χ2v) is 9.31. The molecule has 0 saturated heterocycles. The molecule has 0 nitrogen and oxygen atoms in total. The molecule has 2 heteroatoms. The van der Waals surface area contributed by atoms with Crippen molar-refractivity contribution in [3.8, 4) is 0 Å². The van der Waals surface area contributed by atoms with E-state index in [2.05, 4.69) is 6.92 Å². The molecule has 0 aliphatic heterocycles. The minimum Gasteiger partial charge on any atom is -0.204 e. The fraction of sp³-hybridized carbons (Fsp3) is 0.760. The van der Waals surface area contributed by atoms with E-state index in [1.165, 1.54) is 76.7 Å². The number of benzene rings is 1. The standard InChI is InChI=1S/C25H38F2/c1-2-6-19-11-15-21(16-12-19)22-17-13-20(14-18-22)7-3-4-8-23-9-5-10-24(26)25(23)27/h5,9-10,19-22H,2-4,6-8,11-18H2,1H3/t19-,20-,21-,22-. The summed E-state index contributed by atoms with van der Waals surface area (Å²) in [5.74, 6) is 2.53. The molecule has 0 aromatic heterocycles. The van der Waals surface area contributed by atoms with Crippen LogP contribution in [0.2, 0.25) is 0 Å². The summed E-state index contributed by atoms with van der Waals surface area (Å²) >= 11 is 0. The molecule has 0 bridgehead atoms. The van der Waals surface area contributed by atoms with Crippen LogP contribution >= 0.6 is 0 Å². The summed E-state index contributed by atoms with van der Waals surface area (Å²) in [6.07, 6.45) is 18.5. The molecule has 0 atom stereocenters. The first-order valence-electron chi connectivity index (χ1n) is 11.6. The Kier molecular flexibility index (Phi) is 8.15. The highest BCUT2D eigenvalue weighted by atomic mass is 19.2. The van der Waals surface area contributed by atoms with Gasteiger partial charge in [0.2, 0.25) is 0 Å². The average molecular weight is 377 g/mol. The predicted molar refractivity (Wildman–Crippen MR) is 110 cm³/mol. The van der Waals surface area contributed by atoms with Crippen molar-refractivity contribution in [2.75, 3.05) is 0 Å². The first-order valence-corrected chi connectivity index (χ1v) is 11.6.